The molecule has 0 atom stereocenters. The summed E-state index contributed by atoms with van der Waals surface area (Å²) in [5.41, 5.74) is 11.6. The largest absolute Gasteiger partial charge is 0.455 e. The molecule has 0 amide bonds. The van der Waals surface area contributed by atoms with Gasteiger partial charge in [-0.3, -0.25) is 0 Å². The quantitative estimate of drug-likeness (QED) is 0.145. The fourth-order valence-corrected chi connectivity index (χ4v) is 5.55. The molecule has 0 radical (unpaired) electrons. The highest BCUT2D eigenvalue weighted by Crippen LogP contribution is 2.35. The first kappa shape index (κ1) is 29.8. The second-order valence-corrected chi connectivity index (χ2v) is 12.0. The zero-order valence-electron chi connectivity index (χ0n) is 27.0. The molecule has 47 heavy (non-hydrogen) atoms. The number of aliphatic imine (C=N–C) groups is 2. The van der Waals surface area contributed by atoms with Gasteiger partial charge < -0.3 is 15.1 Å². The summed E-state index contributed by atoms with van der Waals surface area (Å²) >= 11 is 0. The molecule has 5 nitrogen and oxygen atoms in total. The summed E-state index contributed by atoms with van der Waals surface area (Å²) in [5, 5.41) is 9.19. The lowest BCUT2D eigenvalue weighted by atomic mass is 10.1. The minimum absolute atomic E-state index is 0.704. The van der Waals surface area contributed by atoms with E-state index in [2.05, 4.69) is 148 Å². The second kappa shape index (κ2) is 12.8. The van der Waals surface area contributed by atoms with Gasteiger partial charge in [-0.15, -0.1) is 0 Å². The molecule has 0 fully saturated rings. The summed E-state index contributed by atoms with van der Waals surface area (Å²) < 4.78 is 6.86. The van der Waals surface area contributed by atoms with Gasteiger partial charge in [0.1, 0.15) is 22.8 Å². The molecule has 1 aromatic heterocycles. The first-order chi connectivity index (χ1) is 22.9. The normalized spacial score (nSPS) is 12.1. The molecule has 0 aliphatic carbocycles. The molecule has 0 bridgehead atoms. The van der Waals surface area contributed by atoms with Gasteiger partial charge in [-0.2, -0.15) is 0 Å². The Labute approximate surface area is 275 Å². The smallest absolute Gasteiger partial charge is 0.146 e. The van der Waals surface area contributed by atoms with Gasteiger partial charge >= 0.3 is 0 Å². The number of rotatable bonds is 6. The molecule has 6 aromatic carbocycles. The number of aryl methyl sites for hydroxylation is 4. The van der Waals surface area contributed by atoms with Crippen molar-refractivity contribution >= 4 is 56.4 Å². The minimum atomic E-state index is 0.704. The van der Waals surface area contributed by atoms with Crippen LogP contribution in [-0.2, 0) is 0 Å². The van der Waals surface area contributed by atoms with Crippen LogP contribution in [0.3, 0.4) is 0 Å². The third-order valence-corrected chi connectivity index (χ3v) is 8.21. The van der Waals surface area contributed by atoms with E-state index in [1.165, 1.54) is 22.3 Å². The zero-order valence-corrected chi connectivity index (χ0v) is 27.0. The molecule has 5 heteroatoms. The summed E-state index contributed by atoms with van der Waals surface area (Å²) in [6.07, 6.45) is 0. The number of nitrogens with zero attached hydrogens (tertiary/aromatic N) is 2. The van der Waals surface area contributed by atoms with E-state index in [1.807, 2.05) is 24.3 Å². The molecule has 0 aliphatic rings. The molecule has 0 unspecified atom stereocenters. The predicted molar refractivity (Wildman–Crippen MR) is 198 cm³/mol. The average molecular weight is 613 g/mol. The molecule has 2 N–H and O–H groups in total. The Morgan fingerprint density at radius 3 is 1.13 bits per heavy atom. The van der Waals surface area contributed by atoms with Gasteiger partial charge in [-0.25, -0.2) is 9.98 Å². The Hall–Kier alpha value is -5.94. The minimum Gasteiger partial charge on any atom is -0.455 e. The molecule has 7 aromatic rings. The number of hydrogen-bond donors (Lipinski definition) is 2. The Balaban J connectivity index is 1.40. The van der Waals surface area contributed by atoms with Crippen LogP contribution in [0.15, 0.2) is 148 Å². The standard InChI is InChI=1S/C42H36N4O/c1-27-11-19-31(20-12-27)43-41(44-32-21-13-28(2)14-22-32)37-9-5-7-35-36-8-6-10-38(40(36)47-39(35)37)42(45-33-23-15-29(3)16-24-33)46-34-25-17-30(4)18-26-34/h5-26H,1-4H3,(H,43,44)(H,45,46). The lowest BCUT2D eigenvalue weighted by molar-refractivity contribution is 0.667. The summed E-state index contributed by atoms with van der Waals surface area (Å²) in [6, 6.07) is 45.6. The number of anilines is 2. The zero-order chi connectivity index (χ0) is 32.3. The van der Waals surface area contributed by atoms with Gasteiger partial charge in [0.2, 0.25) is 0 Å². The number of fused-ring (bicyclic) bond motifs is 3. The third kappa shape index (κ3) is 6.56. The summed E-state index contributed by atoms with van der Waals surface area (Å²) in [7, 11) is 0. The van der Waals surface area contributed by atoms with Crippen molar-refractivity contribution in [2.75, 3.05) is 10.6 Å². The van der Waals surface area contributed by atoms with Crippen molar-refractivity contribution in [1.82, 2.24) is 0 Å². The van der Waals surface area contributed by atoms with E-state index < -0.39 is 0 Å². The molecule has 1 heterocycles. The second-order valence-electron chi connectivity index (χ2n) is 12.0. The molecular weight excluding hydrogens is 576 g/mol. The lowest BCUT2D eigenvalue weighted by Crippen LogP contribution is -2.14. The molecule has 230 valence electrons. The van der Waals surface area contributed by atoms with Crippen molar-refractivity contribution in [1.29, 1.82) is 0 Å². The van der Waals surface area contributed by atoms with Crippen LogP contribution in [0.1, 0.15) is 33.4 Å². The Morgan fingerprint density at radius 1 is 0.426 bits per heavy atom. The van der Waals surface area contributed by atoms with Crippen LogP contribution in [0.4, 0.5) is 22.7 Å². The van der Waals surface area contributed by atoms with Gasteiger partial charge in [0.15, 0.2) is 0 Å². The lowest BCUT2D eigenvalue weighted by Gasteiger charge is -2.12. The Bertz CT molecular complexity index is 2080. The van der Waals surface area contributed by atoms with Crippen LogP contribution >= 0.6 is 0 Å². The summed E-state index contributed by atoms with van der Waals surface area (Å²) in [6.45, 7) is 8.33. The van der Waals surface area contributed by atoms with Gasteiger partial charge in [-0.1, -0.05) is 95.1 Å². The van der Waals surface area contributed by atoms with Crippen molar-refractivity contribution in [3.05, 3.63) is 167 Å². The van der Waals surface area contributed by atoms with Crippen molar-refractivity contribution in [2.45, 2.75) is 27.7 Å². The third-order valence-electron chi connectivity index (χ3n) is 8.21. The van der Waals surface area contributed by atoms with Crippen LogP contribution in [0.25, 0.3) is 21.9 Å². The number of furan rings is 1. The van der Waals surface area contributed by atoms with E-state index in [4.69, 9.17) is 14.4 Å². The fraction of sp³-hybridized carbons (Fsp3) is 0.0952. The highest BCUT2D eigenvalue weighted by molar-refractivity contribution is 6.23. The molecule has 7 rings (SSSR count). The highest BCUT2D eigenvalue weighted by Gasteiger charge is 2.19. The molecule has 0 aliphatic heterocycles. The number of para-hydroxylation sites is 2. The fourth-order valence-electron chi connectivity index (χ4n) is 5.55. The van der Waals surface area contributed by atoms with E-state index in [1.54, 1.807) is 0 Å². The van der Waals surface area contributed by atoms with Crippen LogP contribution in [-0.4, -0.2) is 11.7 Å². The van der Waals surface area contributed by atoms with Gasteiger partial charge in [0.05, 0.1) is 22.5 Å². The van der Waals surface area contributed by atoms with E-state index in [0.29, 0.717) is 11.7 Å². The van der Waals surface area contributed by atoms with E-state index in [-0.39, 0.29) is 0 Å². The highest BCUT2D eigenvalue weighted by atomic mass is 16.3. The first-order valence-corrected chi connectivity index (χ1v) is 15.8. The van der Waals surface area contributed by atoms with E-state index >= 15 is 0 Å². The average Bonchev–Trinajstić information content (AvgIpc) is 3.47. The number of amidine groups is 2. The van der Waals surface area contributed by atoms with Crippen molar-refractivity contribution in [3.63, 3.8) is 0 Å². The van der Waals surface area contributed by atoms with Crippen LogP contribution in [0, 0.1) is 27.7 Å². The van der Waals surface area contributed by atoms with Gasteiger partial charge in [0, 0.05) is 22.1 Å². The maximum absolute atomic E-state index is 6.86. The number of nitrogens with one attached hydrogen (secondary N) is 2. The molecule has 0 spiro atoms. The maximum atomic E-state index is 6.86. The predicted octanol–water partition coefficient (Wildman–Crippen LogP) is 11.2. The SMILES string of the molecule is Cc1ccc(N=C(Nc2ccc(C)cc2)c2cccc3c2oc2c(C(=Nc4ccc(C)cc4)Nc4ccc(C)cc4)cccc23)cc1. The van der Waals surface area contributed by atoms with Crippen molar-refractivity contribution < 1.29 is 4.42 Å². The monoisotopic (exact) mass is 612 g/mol. The summed E-state index contributed by atoms with van der Waals surface area (Å²) in [5.74, 6) is 1.41. The van der Waals surface area contributed by atoms with Crippen LogP contribution < -0.4 is 10.6 Å². The maximum Gasteiger partial charge on any atom is 0.146 e. The van der Waals surface area contributed by atoms with Crippen molar-refractivity contribution in [2.24, 2.45) is 9.98 Å². The Morgan fingerprint density at radius 2 is 0.766 bits per heavy atom. The first-order valence-electron chi connectivity index (χ1n) is 15.8. The topological polar surface area (TPSA) is 61.9 Å². The van der Waals surface area contributed by atoms with E-state index in [9.17, 15) is 0 Å². The van der Waals surface area contributed by atoms with Crippen LogP contribution in [0.2, 0.25) is 0 Å². The van der Waals surface area contributed by atoms with Crippen LogP contribution in [0.5, 0.6) is 0 Å². The van der Waals surface area contributed by atoms with Crippen molar-refractivity contribution in [3.8, 4) is 0 Å². The van der Waals surface area contributed by atoms with Gasteiger partial charge in [-0.05, 0) is 88.4 Å². The molecule has 0 saturated heterocycles. The van der Waals surface area contributed by atoms with E-state index in [0.717, 1.165) is 55.8 Å². The number of hydrogen-bond acceptors (Lipinski definition) is 3. The summed E-state index contributed by atoms with van der Waals surface area (Å²) in [4.78, 5) is 10.2. The number of benzene rings is 6. The van der Waals surface area contributed by atoms with Gasteiger partial charge in [0.25, 0.3) is 0 Å². The Kier molecular flexibility index (Phi) is 8.11. The molecular formula is C42H36N4O. The molecule has 0 saturated carbocycles.